The molecule has 0 spiro atoms. The highest BCUT2D eigenvalue weighted by Crippen LogP contribution is 2.16. The molecule has 2 rings (SSSR count). The summed E-state index contributed by atoms with van der Waals surface area (Å²) < 4.78 is 5.13. The second-order valence-electron chi connectivity index (χ2n) is 3.60. The smallest absolute Gasteiger partial charge is 0.271 e. The first-order chi connectivity index (χ1) is 8.70. The Balaban J connectivity index is 2.11. The maximum Gasteiger partial charge on any atom is 0.271 e. The number of methoxy groups -OCH3 is 1. The summed E-state index contributed by atoms with van der Waals surface area (Å²) in [5, 5.41) is 3.06. The van der Waals surface area contributed by atoms with Crippen LogP contribution in [0.15, 0.2) is 35.4 Å². The van der Waals surface area contributed by atoms with E-state index in [-0.39, 0.29) is 10.6 Å². The van der Waals surface area contributed by atoms with Crippen LogP contribution in [0.2, 0.25) is 5.02 Å². The van der Waals surface area contributed by atoms with Crippen LogP contribution in [0.5, 0.6) is 5.75 Å². The maximum atomic E-state index is 11.3. The molecule has 5 nitrogen and oxygen atoms in total. The summed E-state index contributed by atoms with van der Waals surface area (Å²) >= 11 is 5.82. The summed E-state index contributed by atoms with van der Waals surface area (Å²) in [6.07, 6.45) is 1.31. The fourth-order valence-electron chi connectivity index (χ4n) is 1.47. The Morgan fingerprint density at radius 3 is 3.11 bits per heavy atom. The van der Waals surface area contributed by atoms with Crippen LogP contribution in [-0.2, 0) is 6.54 Å². The van der Waals surface area contributed by atoms with E-state index in [0.29, 0.717) is 12.4 Å². The molecule has 0 amide bonds. The zero-order chi connectivity index (χ0) is 13.0. The molecule has 0 bridgehead atoms. The Labute approximate surface area is 109 Å². The second-order valence-corrected chi connectivity index (χ2v) is 3.98. The summed E-state index contributed by atoms with van der Waals surface area (Å²) in [4.78, 5) is 17.6. The van der Waals surface area contributed by atoms with E-state index in [4.69, 9.17) is 16.3 Å². The Morgan fingerprint density at radius 1 is 1.50 bits per heavy atom. The van der Waals surface area contributed by atoms with Gasteiger partial charge in [0, 0.05) is 6.54 Å². The highest BCUT2D eigenvalue weighted by atomic mass is 35.5. The van der Waals surface area contributed by atoms with Crippen molar-refractivity contribution in [3.8, 4) is 5.75 Å². The zero-order valence-corrected chi connectivity index (χ0v) is 10.5. The molecule has 1 aromatic carbocycles. The average Bonchev–Trinajstić information content (AvgIpc) is 2.41. The van der Waals surface area contributed by atoms with Crippen molar-refractivity contribution in [2.24, 2.45) is 0 Å². The van der Waals surface area contributed by atoms with Gasteiger partial charge >= 0.3 is 0 Å². The van der Waals surface area contributed by atoms with E-state index in [0.717, 1.165) is 11.3 Å². The molecule has 18 heavy (non-hydrogen) atoms. The van der Waals surface area contributed by atoms with Gasteiger partial charge in [-0.1, -0.05) is 23.7 Å². The van der Waals surface area contributed by atoms with Crippen molar-refractivity contribution in [1.82, 2.24) is 9.97 Å². The second kappa shape index (κ2) is 5.55. The van der Waals surface area contributed by atoms with E-state index in [9.17, 15) is 4.79 Å². The Kier molecular flexibility index (Phi) is 3.84. The summed E-state index contributed by atoms with van der Waals surface area (Å²) in [5.74, 6) is 1.14. The monoisotopic (exact) mass is 265 g/mol. The first-order valence-corrected chi connectivity index (χ1v) is 5.68. The minimum absolute atomic E-state index is 0.0559. The molecule has 1 aromatic heterocycles. The van der Waals surface area contributed by atoms with Gasteiger partial charge in [-0.25, -0.2) is 4.98 Å². The molecule has 0 saturated carbocycles. The molecule has 0 atom stereocenters. The third-order valence-electron chi connectivity index (χ3n) is 2.39. The number of aromatic amines is 1. The van der Waals surface area contributed by atoms with Gasteiger partial charge in [0.1, 0.15) is 10.8 Å². The molecule has 0 fully saturated rings. The Hall–Kier alpha value is -2.01. The average molecular weight is 266 g/mol. The summed E-state index contributed by atoms with van der Waals surface area (Å²) in [5.41, 5.74) is 0.646. The van der Waals surface area contributed by atoms with Crippen molar-refractivity contribution in [3.63, 3.8) is 0 Å². The van der Waals surface area contributed by atoms with Gasteiger partial charge in [0.25, 0.3) is 5.56 Å². The molecule has 0 aliphatic carbocycles. The molecule has 6 heteroatoms. The minimum Gasteiger partial charge on any atom is -0.497 e. The van der Waals surface area contributed by atoms with Gasteiger partial charge in [0.05, 0.1) is 13.4 Å². The number of H-pyrrole nitrogens is 1. The fourth-order valence-corrected chi connectivity index (χ4v) is 1.64. The highest BCUT2D eigenvalue weighted by Gasteiger charge is 2.05. The summed E-state index contributed by atoms with van der Waals surface area (Å²) in [6.45, 7) is 0.507. The van der Waals surface area contributed by atoms with Crippen LogP contribution in [0.25, 0.3) is 0 Å². The fraction of sp³-hybridized carbons (Fsp3) is 0.167. The summed E-state index contributed by atoms with van der Waals surface area (Å²) in [7, 11) is 1.61. The first kappa shape index (κ1) is 12.4. The number of benzene rings is 1. The number of hydrogen-bond acceptors (Lipinski definition) is 4. The SMILES string of the molecule is COc1cccc(CNc2nc[nH]c(=O)c2Cl)c1. The molecular formula is C12H12ClN3O2. The lowest BCUT2D eigenvalue weighted by atomic mass is 10.2. The largest absolute Gasteiger partial charge is 0.497 e. The van der Waals surface area contributed by atoms with Crippen molar-refractivity contribution >= 4 is 17.4 Å². The van der Waals surface area contributed by atoms with E-state index in [1.807, 2.05) is 24.3 Å². The lowest BCUT2D eigenvalue weighted by Crippen LogP contribution is -2.11. The molecule has 0 unspecified atom stereocenters. The molecule has 2 N–H and O–H groups in total. The van der Waals surface area contributed by atoms with Crippen LogP contribution >= 0.6 is 11.6 Å². The lowest BCUT2D eigenvalue weighted by molar-refractivity contribution is 0.414. The molecule has 1 heterocycles. The summed E-state index contributed by atoms with van der Waals surface area (Å²) in [6, 6.07) is 7.59. The quantitative estimate of drug-likeness (QED) is 0.888. The predicted octanol–water partition coefficient (Wildman–Crippen LogP) is 2.04. The van der Waals surface area contributed by atoms with Gasteiger partial charge in [0.2, 0.25) is 0 Å². The van der Waals surface area contributed by atoms with Gasteiger partial charge in [-0.3, -0.25) is 4.79 Å². The van der Waals surface area contributed by atoms with E-state index >= 15 is 0 Å². The van der Waals surface area contributed by atoms with E-state index in [1.165, 1.54) is 6.33 Å². The number of nitrogens with one attached hydrogen (secondary N) is 2. The van der Waals surface area contributed by atoms with Crippen molar-refractivity contribution < 1.29 is 4.74 Å². The van der Waals surface area contributed by atoms with Crippen molar-refractivity contribution in [2.75, 3.05) is 12.4 Å². The topological polar surface area (TPSA) is 67.0 Å². The van der Waals surface area contributed by atoms with Crippen LogP contribution in [-0.4, -0.2) is 17.1 Å². The number of nitrogens with zero attached hydrogens (tertiary/aromatic N) is 1. The van der Waals surface area contributed by atoms with Crippen molar-refractivity contribution in [2.45, 2.75) is 6.54 Å². The van der Waals surface area contributed by atoms with Gasteiger partial charge in [-0.2, -0.15) is 0 Å². The van der Waals surface area contributed by atoms with Crippen LogP contribution in [0.3, 0.4) is 0 Å². The number of ether oxygens (including phenoxy) is 1. The van der Waals surface area contributed by atoms with E-state index in [1.54, 1.807) is 7.11 Å². The minimum atomic E-state index is -0.361. The van der Waals surface area contributed by atoms with Crippen molar-refractivity contribution in [1.29, 1.82) is 0 Å². The Bertz CT molecular complexity index is 598. The van der Waals surface area contributed by atoms with Crippen LogP contribution in [0.1, 0.15) is 5.56 Å². The van der Waals surface area contributed by atoms with E-state index < -0.39 is 0 Å². The first-order valence-electron chi connectivity index (χ1n) is 5.30. The molecule has 0 aliphatic rings. The number of aromatic nitrogens is 2. The molecule has 0 radical (unpaired) electrons. The van der Waals surface area contributed by atoms with Gasteiger partial charge in [0.15, 0.2) is 5.82 Å². The normalized spacial score (nSPS) is 10.1. The Morgan fingerprint density at radius 2 is 2.33 bits per heavy atom. The number of rotatable bonds is 4. The number of hydrogen-bond donors (Lipinski definition) is 2. The molecule has 2 aromatic rings. The van der Waals surface area contributed by atoms with Crippen LogP contribution in [0.4, 0.5) is 5.82 Å². The number of anilines is 1. The van der Waals surface area contributed by atoms with Gasteiger partial charge < -0.3 is 15.0 Å². The van der Waals surface area contributed by atoms with Gasteiger partial charge in [-0.15, -0.1) is 0 Å². The lowest BCUT2D eigenvalue weighted by Gasteiger charge is -2.07. The maximum absolute atomic E-state index is 11.3. The van der Waals surface area contributed by atoms with Crippen LogP contribution < -0.4 is 15.6 Å². The zero-order valence-electron chi connectivity index (χ0n) is 9.74. The molecule has 0 saturated heterocycles. The predicted molar refractivity (Wildman–Crippen MR) is 70.2 cm³/mol. The van der Waals surface area contributed by atoms with Crippen molar-refractivity contribution in [3.05, 3.63) is 51.5 Å². The van der Waals surface area contributed by atoms with Gasteiger partial charge in [-0.05, 0) is 17.7 Å². The number of halogens is 1. The molecular weight excluding hydrogens is 254 g/mol. The molecule has 0 aliphatic heterocycles. The third-order valence-corrected chi connectivity index (χ3v) is 2.74. The van der Waals surface area contributed by atoms with E-state index in [2.05, 4.69) is 15.3 Å². The standard InChI is InChI=1S/C12H12ClN3O2/c1-18-9-4-2-3-8(5-9)6-14-11-10(13)12(17)16-7-15-11/h2-5,7H,6H2,1H3,(H2,14,15,16,17). The van der Waals surface area contributed by atoms with Crippen LogP contribution in [0, 0.1) is 0 Å². The highest BCUT2D eigenvalue weighted by molar-refractivity contribution is 6.32. The molecule has 94 valence electrons. The third kappa shape index (κ3) is 2.81.